The molecule has 0 saturated carbocycles. The summed E-state index contributed by atoms with van der Waals surface area (Å²) in [5.74, 6) is 0.158. The molecular weight excluding hydrogens is 294 g/mol. The Hall–Kier alpha value is -1.62. The molecule has 1 fully saturated rings. The van der Waals surface area contributed by atoms with E-state index in [-0.39, 0.29) is 5.91 Å². The summed E-state index contributed by atoms with van der Waals surface area (Å²) in [6, 6.07) is 6.92. The molecule has 4 nitrogen and oxygen atoms in total. The highest BCUT2D eigenvalue weighted by molar-refractivity contribution is 7.22. The number of nitrogens with zero attached hydrogens (tertiary/aromatic N) is 3. The van der Waals surface area contributed by atoms with Gasteiger partial charge >= 0.3 is 0 Å². The number of piperidine rings is 1. The second-order valence-electron chi connectivity index (χ2n) is 6.00. The van der Waals surface area contributed by atoms with Crippen molar-refractivity contribution < 1.29 is 4.79 Å². The maximum Gasteiger partial charge on any atom is 0.219 e. The lowest BCUT2D eigenvalue weighted by Gasteiger charge is -2.36. The van der Waals surface area contributed by atoms with Gasteiger partial charge in [-0.05, 0) is 37.0 Å². The summed E-state index contributed by atoms with van der Waals surface area (Å²) in [6.07, 6.45) is 3.10. The van der Waals surface area contributed by atoms with Crippen molar-refractivity contribution in [1.82, 2.24) is 9.88 Å². The van der Waals surface area contributed by atoms with Gasteiger partial charge in [-0.2, -0.15) is 0 Å². The normalized spacial score (nSPS) is 16.2. The Morgan fingerprint density at radius 1 is 1.41 bits per heavy atom. The van der Waals surface area contributed by atoms with E-state index < -0.39 is 0 Å². The third-order valence-corrected chi connectivity index (χ3v) is 5.71. The molecule has 2 heterocycles. The molecule has 5 heteroatoms. The number of aromatic nitrogens is 1. The molecule has 1 amide bonds. The predicted octanol–water partition coefficient (Wildman–Crippen LogP) is 3.31. The van der Waals surface area contributed by atoms with Gasteiger partial charge < -0.3 is 9.80 Å². The molecule has 3 rings (SSSR count). The van der Waals surface area contributed by atoms with Crippen molar-refractivity contribution in [2.24, 2.45) is 0 Å². The van der Waals surface area contributed by atoms with E-state index in [1.54, 1.807) is 18.3 Å². The summed E-state index contributed by atoms with van der Waals surface area (Å²) >= 11 is 1.78. The van der Waals surface area contributed by atoms with Crippen LogP contribution in [0.5, 0.6) is 0 Å². The number of amides is 1. The van der Waals surface area contributed by atoms with E-state index in [4.69, 9.17) is 4.98 Å². The van der Waals surface area contributed by atoms with Gasteiger partial charge in [-0.25, -0.2) is 4.98 Å². The first-order valence-corrected chi connectivity index (χ1v) is 8.78. The average molecular weight is 317 g/mol. The largest absolute Gasteiger partial charge is 0.348 e. The smallest absolute Gasteiger partial charge is 0.219 e. The molecule has 118 valence electrons. The molecule has 0 radical (unpaired) electrons. The Morgan fingerprint density at radius 3 is 2.77 bits per heavy atom. The molecule has 1 saturated heterocycles. The van der Waals surface area contributed by atoms with Crippen LogP contribution in [0.1, 0.15) is 32.3 Å². The number of benzene rings is 1. The molecule has 0 spiro atoms. The number of fused-ring (bicyclic) bond motifs is 1. The van der Waals surface area contributed by atoms with Crippen LogP contribution in [-0.2, 0) is 11.2 Å². The van der Waals surface area contributed by atoms with Gasteiger partial charge in [0, 0.05) is 33.1 Å². The van der Waals surface area contributed by atoms with Crippen molar-refractivity contribution in [2.75, 3.05) is 25.0 Å². The SMILES string of the molecule is CCc1ccc2nc(N3CCC(N(C)C(C)=O)CC3)sc2c1. The third-order valence-electron chi connectivity index (χ3n) is 4.63. The minimum absolute atomic E-state index is 0.158. The Balaban J connectivity index is 1.72. The van der Waals surface area contributed by atoms with Crippen molar-refractivity contribution in [2.45, 2.75) is 39.2 Å². The minimum atomic E-state index is 0.158. The van der Waals surface area contributed by atoms with E-state index in [0.29, 0.717) is 6.04 Å². The Morgan fingerprint density at radius 2 is 2.14 bits per heavy atom. The van der Waals surface area contributed by atoms with Gasteiger partial charge in [-0.1, -0.05) is 24.3 Å². The first-order valence-electron chi connectivity index (χ1n) is 7.96. The van der Waals surface area contributed by atoms with E-state index in [9.17, 15) is 4.79 Å². The fourth-order valence-electron chi connectivity index (χ4n) is 3.01. The lowest BCUT2D eigenvalue weighted by molar-refractivity contribution is -0.129. The number of carbonyl (C=O) groups excluding carboxylic acids is 1. The van der Waals surface area contributed by atoms with Crippen LogP contribution in [0.4, 0.5) is 5.13 Å². The van der Waals surface area contributed by atoms with Gasteiger partial charge in [0.1, 0.15) is 0 Å². The van der Waals surface area contributed by atoms with Gasteiger partial charge in [0.2, 0.25) is 5.91 Å². The summed E-state index contributed by atoms with van der Waals surface area (Å²) in [7, 11) is 1.91. The number of aryl methyl sites for hydroxylation is 1. The molecular formula is C17H23N3OS. The highest BCUT2D eigenvalue weighted by Gasteiger charge is 2.25. The fraction of sp³-hybridized carbons (Fsp3) is 0.529. The quantitative estimate of drug-likeness (QED) is 0.871. The number of thiazole rings is 1. The van der Waals surface area contributed by atoms with Crippen LogP contribution in [0.3, 0.4) is 0 Å². The summed E-state index contributed by atoms with van der Waals surface area (Å²) in [5, 5.41) is 1.12. The van der Waals surface area contributed by atoms with Gasteiger partial charge in [-0.3, -0.25) is 4.79 Å². The van der Waals surface area contributed by atoms with Gasteiger partial charge in [0.05, 0.1) is 10.2 Å². The molecule has 1 aromatic heterocycles. The molecule has 1 aliphatic rings. The maximum absolute atomic E-state index is 11.5. The van der Waals surface area contributed by atoms with E-state index in [0.717, 1.165) is 43.0 Å². The second kappa shape index (κ2) is 6.24. The number of hydrogen-bond acceptors (Lipinski definition) is 4. The van der Waals surface area contributed by atoms with Crippen LogP contribution in [0, 0.1) is 0 Å². The number of rotatable bonds is 3. The van der Waals surface area contributed by atoms with E-state index in [1.807, 2.05) is 11.9 Å². The first kappa shape index (κ1) is 15.3. The molecule has 2 aromatic rings. The lowest BCUT2D eigenvalue weighted by atomic mass is 10.0. The van der Waals surface area contributed by atoms with E-state index in [1.165, 1.54) is 10.3 Å². The second-order valence-corrected chi connectivity index (χ2v) is 7.01. The Kier molecular flexibility index (Phi) is 4.34. The van der Waals surface area contributed by atoms with Gasteiger partial charge in [0.25, 0.3) is 0 Å². The summed E-state index contributed by atoms with van der Waals surface area (Å²) < 4.78 is 1.28. The van der Waals surface area contributed by atoms with Gasteiger partial charge in [-0.15, -0.1) is 0 Å². The molecule has 22 heavy (non-hydrogen) atoms. The van der Waals surface area contributed by atoms with Crippen LogP contribution in [-0.4, -0.2) is 42.0 Å². The molecule has 1 aromatic carbocycles. The van der Waals surface area contributed by atoms with Crippen molar-refractivity contribution in [3.05, 3.63) is 23.8 Å². The van der Waals surface area contributed by atoms with Crippen molar-refractivity contribution in [1.29, 1.82) is 0 Å². The number of hydrogen-bond donors (Lipinski definition) is 0. The molecule has 1 aliphatic heterocycles. The maximum atomic E-state index is 11.5. The van der Waals surface area contributed by atoms with Crippen LogP contribution >= 0.6 is 11.3 Å². The highest BCUT2D eigenvalue weighted by atomic mass is 32.1. The summed E-state index contributed by atoms with van der Waals surface area (Å²) in [6.45, 7) is 5.77. The van der Waals surface area contributed by atoms with Crippen molar-refractivity contribution >= 4 is 32.6 Å². The van der Waals surface area contributed by atoms with Crippen LogP contribution in [0.25, 0.3) is 10.2 Å². The monoisotopic (exact) mass is 317 g/mol. The van der Waals surface area contributed by atoms with Crippen molar-refractivity contribution in [3.8, 4) is 0 Å². The minimum Gasteiger partial charge on any atom is -0.348 e. The van der Waals surface area contributed by atoms with E-state index in [2.05, 4.69) is 30.0 Å². The number of carbonyl (C=O) groups is 1. The third kappa shape index (κ3) is 2.95. The molecule has 0 N–H and O–H groups in total. The van der Waals surface area contributed by atoms with Crippen LogP contribution in [0.2, 0.25) is 0 Å². The zero-order chi connectivity index (χ0) is 15.7. The molecule has 0 bridgehead atoms. The topological polar surface area (TPSA) is 36.4 Å². The summed E-state index contributed by atoms with van der Waals surface area (Å²) in [5.41, 5.74) is 2.46. The van der Waals surface area contributed by atoms with Gasteiger partial charge in [0.15, 0.2) is 5.13 Å². The Labute approximate surface area is 135 Å². The van der Waals surface area contributed by atoms with Crippen molar-refractivity contribution in [3.63, 3.8) is 0 Å². The lowest BCUT2D eigenvalue weighted by Crippen LogP contribution is -2.45. The first-order chi connectivity index (χ1) is 10.6. The summed E-state index contributed by atoms with van der Waals surface area (Å²) in [4.78, 5) is 20.5. The predicted molar refractivity (Wildman–Crippen MR) is 92.7 cm³/mol. The van der Waals surface area contributed by atoms with E-state index >= 15 is 0 Å². The average Bonchev–Trinajstić information content (AvgIpc) is 2.97. The zero-order valence-corrected chi connectivity index (χ0v) is 14.3. The molecule has 0 aliphatic carbocycles. The highest BCUT2D eigenvalue weighted by Crippen LogP contribution is 2.31. The van der Waals surface area contributed by atoms with Crippen LogP contribution < -0.4 is 4.90 Å². The zero-order valence-electron chi connectivity index (χ0n) is 13.5. The fourth-order valence-corrected chi connectivity index (χ4v) is 4.09. The Bertz CT molecular complexity index is 674. The standard InChI is InChI=1S/C17H23N3OS/c1-4-13-5-6-15-16(11-13)22-17(18-15)20-9-7-14(8-10-20)19(3)12(2)21/h5-6,11,14H,4,7-10H2,1-3H3. The molecule has 0 unspecified atom stereocenters. The van der Waals surface area contributed by atoms with Crippen LogP contribution in [0.15, 0.2) is 18.2 Å². The molecule has 0 atom stereocenters. The number of anilines is 1.